The summed E-state index contributed by atoms with van der Waals surface area (Å²) in [6.45, 7) is 3.22. The second-order valence-corrected chi connectivity index (χ2v) is 5.71. The van der Waals surface area contributed by atoms with Crippen LogP contribution in [0.15, 0.2) is 34.7 Å². The molecule has 0 fully saturated rings. The molecule has 0 atom stereocenters. The molecule has 0 saturated heterocycles. The van der Waals surface area contributed by atoms with Gasteiger partial charge in [-0.05, 0) is 30.7 Å². The predicted molar refractivity (Wildman–Crippen MR) is 88.7 cm³/mol. The van der Waals surface area contributed by atoms with Crippen LogP contribution >= 0.6 is 23.2 Å². The van der Waals surface area contributed by atoms with Crippen molar-refractivity contribution in [2.24, 2.45) is 0 Å². The van der Waals surface area contributed by atoms with Gasteiger partial charge in [0.1, 0.15) is 12.3 Å². The Kier molecular flexibility index (Phi) is 4.59. The van der Waals surface area contributed by atoms with Gasteiger partial charge in [0.05, 0.1) is 5.69 Å². The summed E-state index contributed by atoms with van der Waals surface area (Å²) in [6, 6.07) is 9.29. The number of oxazole rings is 1. The standard InChI is InChI=1S/C16H13Cl2N3O3/c1-9-13(24-10(2)19-9)15(22)23-8-12-14(17)20-16(18)21(12)11-6-4-3-5-7-11/h3-7H,8H2,1-2H3. The molecule has 0 radical (unpaired) electrons. The lowest BCUT2D eigenvalue weighted by Gasteiger charge is -2.10. The highest BCUT2D eigenvalue weighted by Gasteiger charge is 2.21. The van der Waals surface area contributed by atoms with Gasteiger partial charge in [-0.1, -0.05) is 29.8 Å². The highest BCUT2D eigenvalue weighted by Crippen LogP contribution is 2.26. The SMILES string of the molecule is Cc1nc(C)c(C(=O)OCc2c(Cl)nc(Cl)n2-c2ccccc2)o1. The highest BCUT2D eigenvalue weighted by atomic mass is 35.5. The first-order valence-electron chi connectivity index (χ1n) is 7.06. The Balaban J connectivity index is 1.86. The summed E-state index contributed by atoms with van der Waals surface area (Å²) in [5, 5.41) is 0.353. The topological polar surface area (TPSA) is 70.2 Å². The molecule has 0 saturated carbocycles. The molecule has 124 valence electrons. The van der Waals surface area contributed by atoms with E-state index in [0.717, 1.165) is 5.69 Å². The van der Waals surface area contributed by atoms with E-state index in [1.165, 1.54) is 0 Å². The number of carbonyl (C=O) groups excluding carboxylic acids is 1. The van der Waals surface area contributed by atoms with Crippen molar-refractivity contribution in [2.75, 3.05) is 0 Å². The van der Waals surface area contributed by atoms with Gasteiger partial charge in [0.2, 0.25) is 11.0 Å². The fourth-order valence-electron chi connectivity index (χ4n) is 2.28. The average Bonchev–Trinajstić information content (AvgIpc) is 3.03. The molecule has 3 aromatic rings. The maximum atomic E-state index is 12.2. The van der Waals surface area contributed by atoms with Crippen LogP contribution in [0.4, 0.5) is 0 Å². The first-order valence-corrected chi connectivity index (χ1v) is 7.82. The predicted octanol–water partition coefficient (Wildman–Crippen LogP) is 4.14. The van der Waals surface area contributed by atoms with E-state index in [9.17, 15) is 4.79 Å². The Morgan fingerprint density at radius 3 is 2.54 bits per heavy atom. The van der Waals surface area contributed by atoms with Crippen LogP contribution in [0, 0.1) is 13.8 Å². The van der Waals surface area contributed by atoms with Gasteiger partial charge in [-0.25, -0.2) is 14.8 Å². The van der Waals surface area contributed by atoms with Crippen LogP contribution in [0.3, 0.4) is 0 Å². The number of rotatable bonds is 4. The summed E-state index contributed by atoms with van der Waals surface area (Å²) in [4.78, 5) is 20.2. The molecule has 3 rings (SSSR count). The maximum absolute atomic E-state index is 12.2. The van der Waals surface area contributed by atoms with Crippen molar-refractivity contribution >= 4 is 29.2 Å². The fourth-order valence-corrected chi connectivity index (χ4v) is 2.83. The molecule has 0 spiro atoms. The van der Waals surface area contributed by atoms with Crippen LogP contribution in [0.2, 0.25) is 10.4 Å². The van der Waals surface area contributed by atoms with Crippen LogP contribution in [-0.4, -0.2) is 20.5 Å². The monoisotopic (exact) mass is 365 g/mol. The van der Waals surface area contributed by atoms with Crippen molar-refractivity contribution in [1.29, 1.82) is 0 Å². The third kappa shape index (κ3) is 3.16. The molecule has 0 N–H and O–H groups in total. The van der Waals surface area contributed by atoms with Crippen LogP contribution in [-0.2, 0) is 11.3 Å². The summed E-state index contributed by atoms with van der Waals surface area (Å²) >= 11 is 12.3. The lowest BCUT2D eigenvalue weighted by molar-refractivity contribution is 0.0427. The molecule has 24 heavy (non-hydrogen) atoms. The molecule has 6 nitrogen and oxygen atoms in total. The summed E-state index contributed by atoms with van der Waals surface area (Å²) < 4.78 is 12.2. The van der Waals surface area contributed by atoms with Gasteiger partial charge in [0.15, 0.2) is 11.0 Å². The Bertz CT molecular complexity index is 888. The molecule has 2 aromatic heterocycles. The Morgan fingerprint density at radius 2 is 1.92 bits per heavy atom. The van der Waals surface area contributed by atoms with Crippen LogP contribution in [0.1, 0.15) is 27.8 Å². The van der Waals surface area contributed by atoms with E-state index in [-0.39, 0.29) is 22.8 Å². The third-order valence-corrected chi connectivity index (χ3v) is 3.88. The summed E-state index contributed by atoms with van der Waals surface area (Å²) in [7, 11) is 0. The summed E-state index contributed by atoms with van der Waals surface area (Å²) in [5.41, 5.74) is 1.70. The van der Waals surface area contributed by atoms with E-state index >= 15 is 0 Å². The number of ether oxygens (including phenoxy) is 1. The quantitative estimate of drug-likeness (QED) is 0.649. The zero-order valence-electron chi connectivity index (χ0n) is 12.9. The number of carbonyl (C=O) groups is 1. The molecular formula is C16H13Cl2N3O3. The molecule has 0 amide bonds. The first-order chi connectivity index (χ1) is 11.5. The minimum absolute atomic E-state index is 0.0699. The lowest BCUT2D eigenvalue weighted by Crippen LogP contribution is -2.09. The highest BCUT2D eigenvalue weighted by molar-refractivity contribution is 6.33. The van der Waals surface area contributed by atoms with Crippen molar-refractivity contribution in [3.63, 3.8) is 0 Å². The molecule has 0 aliphatic carbocycles. The summed E-state index contributed by atoms with van der Waals surface area (Å²) in [5.74, 6) is -0.156. The van der Waals surface area contributed by atoms with Crippen molar-refractivity contribution in [2.45, 2.75) is 20.5 Å². The van der Waals surface area contributed by atoms with Gasteiger partial charge in [-0.2, -0.15) is 0 Å². The molecule has 0 aliphatic heterocycles. The van der Waals surface area contributed by atoms with Gasteiger partial charge < -0.3 is 9.15 Å². The van der Waals surface area contributed by atoms with Gasteiger partial charge >= 0.3 is 5.97 Å². The summed E-state index contributed by atoms with van der Waals surface area (Å²) in [6.07, 6.45) is 0. The van der Waals surface area contributed by atoms with Gasteiger partial charge in [0, 0.05) is 12.6 Å². The minimum Gasteiger partial charge on any atom is -0.453 e. The number of esters is 1. The van der Waals surface area contributed by atoms with Crippen LogP contribution in [0.5, 0.6) is 0 Å². The fraction of sp³-hybridized carbons (Fsp3) is 0.188. The second kappa shape index (κ2) is 6.67. The number of benzene rings is 1. The van der Waals surface area contributed by atoms with Gasteiger partial charge in [-0.15, -0.1) is 0 Å². The first kappa shape index (κ1) is 16.5. The van der Waals surface area contributed by atoms with Gasteiger partial charge in [0.25, 0.3) is 0 Å². The molecule has 1 aromatic carbocycles. The number of hydrogen-bond donors (Lipinski definition) is 0. The number of nitrogens with zero attached hydrogens (tertiary/aromatic N) is 3. The number of aromatic nitrogens is 3. The zero-order valence-corrected chi connectivity index (χ0v) is 14.4. The zero-order chi connectivity index (χ0) is 17.3. The van der Waals surface area contributed by atoms with Crippen LogP contribution < -0.4 is 0 Å². The second-order valence-electron chi connectivity index (χ2n) is 5.01. The molecule has 8 heteroatoms. The van der Waals surface area contributed by atoms with Crippen molar-refractivity contribution in [1.82, 2.24) is 14.5 Å². The van der Waals surface area contributed by atoms with Crippen molar-refractivity contribution < 1.29 is 13.9 Å². The molecule has 0 aliphatic rings. The molecule has 2 heterocycles. The van der Waals surface area contributed by atoms with E-state index in [1.807, 2.05) is 30.3 Å². The Labute approximate surface area is 148 Å². The third-order valence-electron chi connectivity index (χ3n) is 3.33. The maximum Gasteiger partial charge on any atom is 0.376 e. The number of halogens is 2. The van der Waals surface area contributed by atoms with Crippen molar-refractivity contribution in [3.05, 3.63) is 63.8 Å². The van der Waals surface area contributed by atoms with E-state index in [4.69, 9.17) is 32.4 Å². The normalized spacial score (nSPS) is 10.8. The minimum atomic E-state index is -0.624. The van der Waals surface area contributed by atoms with Crippen molar-refractivity contribution in [3.8, 4) is 5.69 Å². The van der Waals surface area contributed by atoms with E-state index < -0.39 is 5.97 Å². The average molecular weight is 366 g/mol. The largest absolute Gasteiger partial charge is 0.453 e. The van der Waals surface area contributed by atoms with E-state index in [1.54, 1.807) is 18.4 Å². The van der Waals surface area contributed by atoms with Gasteiger partial charge in [-0.3, -0.25) is 4.57 Å². The Hall–Kier alpha value is -2.31. The Morgan fingerprint density at radius 1 is 1.21 bits per heavy atom. The van der Waals surface area contributed by atoms with E-state index in [0.29, 0.717) is 17.3 Å². The number of para-hydroxylation sites is 1. The lowest BCUT2D eigenvalue weighted by atomic mass is 10.3. The number of imidazole rings is 1. The molecule has 0 unspecified atom stereocenters. The van der Waals surface area contributed by atoms with E-state index in [2.05, 4.69) is 9.97 Å². The number of aryl methyl sites for hydroxylation is 2. The molecule has 0 bridgehead atoms. The van der Waals surface area contributed by atoms with Crippen LogP contribution in [0.25, 0.3) is 5.69 Å². The smallest absolute Gasteiger partial charge is 0.376 e. The molecular weight excluding hydrogens is 353 g/mol. The number of hydrogen-bond acceptors (Lipinski definition) is 5.